The van der Waals surface area contributed by atoms with Crippen LogP contribution in [0.5, 0.6) is 0 Å². The van der Waals surface area contributed by atoms with E-state index in [1.54, 1.807) is 37.6 Å². The lowest BCUT2D eigenvalue weighted by Crippen LogP contribution is -2.38. The van der Waals surface area contributed by atoms with Crippen molar-refractivity contribution in [2.45, 2.75) is 50.0 Å². The molecule has 1 N–H and O–H groups in total. The smallest absolute Gasteiger partial charge is 0.349 e. The van der Waals surface area contributed by atoms with Crippen LogP contribution in [0.2, 0.25) is 0 Å². The van der Waals surface area contributed by atoms with Crippen LogP contribution in [0.1, 0.15) is 47.3 Å². The van der Waals surface area contributed by atoms with Crippen molar-refractivity contribution >= 4 is 38.9 Å². The van der Waals surface area contributed by atoms with Gasteiger partial charge in [-0.25, -0.2) is 13.2 Å². The van der Waals surface area contributed by atoms with Crippen LogP contribution in [-0.2, 0) is 19.6 Å². The number of nitrogens with zero attached hydrogens (tertiary/aromatic N) is 1. The molecule has 7 nitrogen and oxygen atoms in total. The molecule has 1 aromatic carbocycles. The molecule has 0 unspecified atom stereocenters. The Morgan fingerprint density at radius 1 is 1.17 bits per heavy atom. The molecular formula is C21H26N2O5S2. The quantitative estimate of drug-likeness (QED) is 0.648. The average Bonchev–Trinajstić information content (AvgIpc) is 3.18. The van der Waals surface area contributed by atoms with Gasteiger partial charge in [0, 0.05) is 13.1 Å². The summed E-state index contributed by atoms with van der Waals surface area (Å²) in [7, 11) is -2.18. The number of amides is 1. The summed E-state index contributed by atoms with van der Waals surface area (Å²) in [6, 6.07) is 8.04. The van der Waals surface area contributed by atoms with Crippen molar-refractivity contribution in [3.8, 4) is 0 Å². The fraction of sp³-hybridized carbons (Fsp3) is 0.429. The zero-order valence-corrected chi connectivity index (χ0v) is 18.7. The van der Waals surface area contributed by atoms with Gasteiger partial charge in [-0.1, -0.05) is 31.4 Å². The first kappa shape index (κ1) is 22.5. The summed E-state index contributed by atoms with van der Waals surface area (Å²) in [4.78, 5) is 24.9. The molecule has 30 heavy (non-hydrogen) atoms. The second-order valence-electron chi connectivity index (χ2n) is 7.37. The van der Waals surface area contributed by atoms with Gasteiger partial charge >= 0.3 is 5.97 Å². The number of carbonyl (C=O) groups excluding carboxylic acids is 2. The number of carbonyl (C=O) groups is 2. The molecule has 1 saturated carbocycles. The molecule has 162 valence electrons. The number of anilines is 1. The van der Waals surface area contributed by atoms with Crippen molar-refractivity contribution in [3.63, 3.8) is 0 Å². The van der Waals surface area contributed by atoms with E-state index in [2.05, 4.69) is 5.32 Å². The SMILES string of the molecule is Cc1ccsc1C(=O)OCC(=O)Nc1ccccc1S(=O)(=O)N(C)C1CCCCC1. The number of hydrogen-bond acceptors (Lipinski definition) is 6. The summed E-state index contributed by atoms with van der Waals surface area (Å²) in [6.07, 6.45) is 4.82. The fourth-order valence-corrected chi connectivity index (χ4v) is 5.93. The number of benzene rings is 1. The van der Waals surface area contributed by atoms with Gasteiger partial charge in [-0.05, 0) is 48.9 Å². The highest BCUT2D eigenvalue weighted by atomic mass is 32.2. The number of hydrogen-bond donors (Lipinski definition) is 1. The Morgan fingerprint density at radius 2 is 1.87 bits per heavy atom. The first-order valence-electron chi connectivity index (χ1n) is 9.89. The number of nitrogens with one attached hydrogen (secondary N) is 1. The normalized spacial score (nSPS) is 15.2. The van der Waals surface area contributed by atoms with Gasteiger partial charge in [-0.2, -0.15) is 4.31 Å². The summed E-state index contributed by atoms with van der Waals surface area (Å²) in [5.74, 6) is -1.17. The van der Waals surface area contributed by atoms with Crippen molar-refractivity contribution in [2.24, 2.45) is 0 Å². The van der Waals surface area contributed by atoms with E-state index in [1.807, 2.05) is 0 Å². The number of ether oxygens (including phenoxy) is 1. The van der Waals surface area contributed by atoms with E-state index < -0.39 is 28.5 Å². The highest BCUT2D eigenvalue weighted by molar-refractivity contribution is 7.89. The van der Waals surface area contributed by atoms with E-state index in [1.165, 1.54) is 27.8 Å². The van der Waals surface area contributed by atoms with Crippen molar-refractivity contribution < 1.29 is 22.7 Å². The number of rotatable bonds is 7. The third-order valence-electron chi connectivity index (χ3n) is 5.29. The van der Waals surface area contributed by atoms with Gasteiger partial charge in [0.15, 0.2) is 6.61 Å². The third-order valence-corrected chi connectivity index (χ3v) is 8.25. The molecule has 0 bridgehead atoms. The number of aryl methyl sites for hydroxylation is 1. The molecule has 1 heterocycles. The van der Waals surface area contributed by atoms with E-state index in [4.69, 9.17) is 4.74 Å². The number of sulfonamides is 1. The number of esters is 1. The van der Waals surface area contributed by atoms with Gasteiger partial charge in [0.2, 0.25) is 10.0 Å². The molecule has 1 aliphatic carbocycles. The van der Waals surface area contributed by atoms with Crippen LogP contribution in [0.3, 0.4) is 0 Å². The minimum absolute atomic E-state index is 0.0341. The first-order chi connectivity index (χ1) is 14.3. The molecule has 1 amide bonds. The highest BCUT2D eigenvalue weighted by Crippen LogP contribution is 2.29. The second-order valence-corrected chi connectivity index (χ2v) is 10.2. The molecule has 0 atom stereocenters. The van der Waals surface area contributed by atoms with Gasteiger partial charge in [-0.3, -0.25) is 4.79 Å². The van der Waals surface area contributed by atoms with E-state index in [9.17, 15) is 18.0 Å². The Balaban J connectivity index is 1.69. The summed E-state index contributed by atoms with van der Waals surface area (Å²) < 4.78 is 32.8. The van der Waals surface area contributed by atoms with E-state index in [0.29, 0.717) is 4.88 Å². The van der Waals surface area contributed by atoms with Crippen LogP contribution >= 0.6 is 11.3 Å². The standard InChI is InChI=1S/C21H26N2O5S2/c1-15-12-13-29-20(15)21(25)28-14-19(24)22-17-10-6-7-11-18(17)30(26,27)23(2)16-8-4-3-5-9-16/h6-7,10-13,16H,3-5,8-9,14H2,1-2H3,(H,22,24). The largest absolute Gasteiger partial charge is 0.451 e. The van der Waals surface area contributed by atoms with Crippen LogP contribution in [-0.4, -0.2) is 44.3 Å². The molecule has 0 saturated heterocycles. The number of thiophene rings is 1. The fourth-order valence-electron chi connectivity index (χ4n) is 3.56. The second kappa shape index (κ2) is 9.72. The van der Waals surface area contributed by atoms with Gasteiger partial charge < -0.3 is 10.1 Å². The van der Waals surface area contributed by atoms with Crippen molar-refractivity contribution in [3.05, 3.63) is 46.2 Å². The zero-order valence-electron chi connectivity index (χ0n) is 17.1. The molecular weight excluding hydrogens is 424 g/mol. The highest BCUT2D eigenvalue weighted by Gasteiger charge is 2.31. The molecule has 1 aliphatic rings. The zero-order chi connectivity index (χ0) is 21.7. The minimum Gasteiger partial charge on any atom is -0.451 e. The topological polar surface area (TPSA) is 92.8 Å². The Morgan fingerprint density at radius 3 is 2.53 bits per heavy atom. The van der Waals surface area contributed by atoms with Crippen LogP contribution in [0.25, 0.3) is 0 Å². The van der Waals surface area contributed by atoms with Crippen molar-refractivity contribution in [2.75, 3.05) is 19.0 Å². The molecule has 0 aliphatic heterocycles. The Hall–Kier alpha value is -2.23. The predicted octanol–water partition coefficient (Wildman–Crippen LogP) is 3.81. The molecule has 3 rings (SSSR count). The summed E-state index contributed by atoms with van der Waals surface area (Å²) >= 11 is 1.24. The van der Waals surface area contributed by atoms with Gasteiger partial charge in [0.1, 0.15) is 9.77 Å². The van der Waals surface area contributed by atoms with Crippen LogP contribution in [0, 0.1) is 6.92 Å². The van der Waals surface area contributed by atoms with Crippen molar-refractivity contribution in [1.82, 2.24) is 4.31 Å². The lowest BCUT2D eigenvalue weighted by Gasteiger charge is -2.30. The van der Waals surface area contributed by atoms with Crippen LogP contribution < -0.4 is 5.32 Å². The lowest BCUT2D eigenvalue weighted by atomic mass is 9.96. The molecule has 9 heteroatoms. The number of para-hydroxylation sites is 1. The minimum atomic E-state index is -3.77. The van der Waals surface area contributed by atoms with Crippen LogP contribution in [0.4, 0.5) is 5.69 Å². The monoisotopic (exact) mass is 450 g/mol. The van der Waals surface area contributed by atoms with Gasteiger partial charge in [0.25, 0.3) is 5.91 Å². The van der Waals surface area contributed by atoms with E-state index in [-0.39, 0.29) is 16.6 Å². The summed E-state index contributed by atoms with van der Waals surface area (Å²) in [5, 5.41) is 4.34. The summed E-state index contributed by atoms with van der Waals surface area (Å²) in [5.41, 5.74) is 0.959. The Kier molecular flexibility index (Phi) is 7.27. The molecule has 0 radical (unpaired) electrons. The lowest BCUT2D eigenvalue weighted by molar-refractivity contribution is -0.119. The molecule has 2 aromatic rings. The van der Waals surface area contributed by atoms with Gasteiger partial charge in [-0.15, -0.1) is 11.3 Å². The third kappa shape index (κ3) is 5.08. The Labute approximate surface area is 181 Å². The average molecular weight is 451 g/mol. The maximum atomic E-state index is 13.2. The van der Waals surface area contributed by atoms with Crippen LogP contribution in [0.15, 0.2) is 40.6 Å². The molecule has 0 spiro atoms. The van der Waals surface area contributed by atoms with E-state index >= 15 is 0 Å². The molecule has 1 aromatic heterocycles. The maximum absolute atomic E-state index is 13.2. The maximum Gasteiger partial charge on any atom is 0.349 e. The predicted molar refractivity (Wildman–Crippen MR) is 116 cm³/mol. The summed E-state index contributed by atoms with van der Waals surface area (Å²) in [6.45, 7) is 1.29. The van der Waals surface area contributed by atoms with Crippen molar-refractivity contribution in [1.29, 1.82) is 0 Å². The van der Waals surface area contributed by atoms with Gasteiger partial charge in [0.05, 0.1) is 5.69 Å². The molecule has 1 fully saturated rings. The first-order valence-corrected chi connectivity index (χ1v) is 12.2. The Bertz CT molecular complexity index is 1010. The van der Waals surface area contributed by atoms with E-state index in [0.717, 1.165) is 37.7 Å².